The van der Waals surface area contributed by atoms with Gasteiger partial charge in [0.25, 0.3) is 0 Å². The second-order valence-corrected chi connectivity index (χ2v) is 12.8. The van der Waals surface area contributed by atoms with Gasteiger partial charge in [0.05, 0.1) is 7.11 Å². The Labute approximate surface area is 226 Å². The van der Waals surface area contributed by atoms with Gasteiger partial charge in [0.1, 0.15) is 5.75 Å². The van der Waals surface area contributed by atoms with Crippen LogP contribution in [-0.4, -0.2) is 7.11 Å². The predicted molar refractivity (Wildman–Crippen MR) is 167 cm³/mol. The standard InChI is InChI=1S/C37H36O/c1-36(2,3)30-18-27-12-13-28-19-31(37(4,5)6)22-33-26(17-29(20-30)34(27)35(28)33)11-9-23-8-10-25-21-32(38-7)15-14-24(25)16-23/h8-22H,1-7H3/b11-9+. The second kappa shape index (κ2) is 8.60. The Morgan fingerprint density at radius 1 is 0.526 bits per heavy atom. The van der Waals surface area contributed by atoms with Crippen LogP contribution in [0.1, 0.15) is 63.8 Å². The van der Waals surface area contributed by atoms with E-state index in [1.54, 1.807) is 7.11 Å². The molecule has 190 valence electrons. The predicted octanol–water partition coefficient (Wildman–Crippen LogP) is 10.5. The highest BCUT2D eigenvalue weighted by atomic mass is 16.5. The summed E-state index contributed by atoms with van der Waals surface area (Å²) in [6, 6.07) is 29.5. The number of ether oxygens (including phenoxy) is 1. The van der Waals surface area contributed by atoms with Gasteiger partial charge >= 0.3 is 0 Å². The molecule has 38 heavy (non-hydrogen) atoms. The lowest BCUT2D eigenvalue weighted by molar-refractivity contribution is 0.415. The van der Waals surface area contributed by atoms with Crippen LogP contribution in [0.3, 0.4) is 0 Å². The van der Waals surface area contributed by atoms with Crippen LogP contribution in [0.4, 0.5) is 0 Å². The molecule has 1 nitrogen and oxygen atoms in total. The summed E-state index contributed by atoms with van der Waals surface area (Å²) in [7, 11) is 1.71. The minimum absolute atomic E-state index is 0.0737. The van der Waals surface area contributed by atoms with Crippen LogP contribution in [0.25, 0.3) is 55.2 Å². The van der Waals surface area contributed by atoms with Gasteiger partial charge in [0.15, 0.2) is 0 Å². The Morgan fingerprint density at radius 3 is 1.79 bits per heavy atom. The van der Waals surface area contributed by atoms with Crippen molar-refractivity contribution in [2.75, 3.05) is 7.11 Å². The molecule has 0 N–H and O–H groups in total. The Morgan fingerprint density at radius 2 is 1.11 bits per heavy atom. The average molecular weight is 497 g/mol. The van der Waals surface area contributed by atoms with Gasteiger partial charge in [-0.2, -0.15) is 0 Å². The summed E-state index contributed by atoms with van der Waals surface area (Å²) < 4.78 is 5.40. The summed E-state index contributed by atoms with van der Waals surface area (Å²) in [5.41, 5.74) is 5.37. The topological polar surface area (TPSA) is 9.23 Å². The molecule has 0 radical (unpaired) electrons. The van der Waals surface area contributed by atoms with E-state index in [2.05, 4.69) is 126 Å². The van der Waals surface area contributed by atoms with E-state index in [0.29, 0.717) is 0 Å². The van der Waals surface area contributed by atoms with Gasteiger partial charge in [-0.15, -0.1) is 0 Å². The number of hydrogen-bond donors (Lipinski definition) is 0. The Hall–Kier alpha value is -3.84. The molecule has 6 aromatic carbocycles. The van der Waals surface area contributed by atoms with Gasteiger partial charge in [-0.3, -0.25) is 0 Å². The number of fused-ring (bicyclic) bond motifs is 1. The highest BCUT2D eigenvalue weighted by Gasteiger charge is 2.21. The van der Waals surface area contributed by atoms with Gasteiger partial charge < -0.3 is 4.74 Å². The summed E-state index contributed by atoms with van der Waals surface area (Å²) in [6.07, 6.45) is 4.56. The SMILES string of the molecule is COc1ccc2cc(/C=C/c3cc4cc(C(C)(C)C)cc5ccc6cc(C(C)(C)C)cc3c6c54)ccc2c1. The Balaban J connectivity index is 1.59. The normalized spacial score (nSPS) is 13.0. The van der Waals surface area contributed by atoms with Crippen molar-refractivity contribution in [1.29, 1.82) is 0 Å². The molecule has 0 aliphatic rings. The van der Waals surface area contributed by atoms with Crippen molar-refractivity contribution in [2.24, 2.45) is 0 Å². The summed E-state index contributed by atoms with van der Waals surface area (Å²) in [4.78, 5) is 0. The lowest BCUT2D eigenvalue weighted by Gasteiger charge is -2.24. The van der Waals surface area contributed by atoms with E-state index < -0.39 is 0 Å². The molecule has 0 spiro atoms. The molecule has 0 aliphatic heterocycles. The largest absolute Gasteiger partial charge is 0.497 e. The van der Waals surface area contributed by atoms with Gasteiger partial charge in [-0.25, -0.2) is 0 Å². The van der Waals surface area contributed by atoms with Crippen LogP contribution < -0.4 is 4.74 Å². The highest BCUT2D eigenvalue weighted by Crippen LogP contribution is 2.41. The molecule has 0 atom stereocenters. The Bertz CT molecular complexity index is 1860. The second-order valence-electron chi connectivity index (χ2n) is 12.8. The van der Waals surface area contributed by atoms with Crippen LogP contribution in [-0.2, 0) is 10.8 Å². The molecular formula is C37H36O. The molecule has 1 heteroatoms. The first kappa shape index (κ1) is 24.5. The van der Waals surface area contributed by atoms with E-state index in [1.807, 2.05) is 6.07 Å². The van der Waals surface area contributed by atoms with E-state index in [9.17, 15) is 0 Å². The summed E-state index contributed by atoms with van der Waals surface area (Å²) in [5, 5.41) is 10.5. The molecule has 6 aromatic rings. The summed E-state index contributed by atoms with van der Waals surface area (Å²) >= 11 is 0. The zero-order valence-electron chi connectivity index (χ0n) is 23.6. The van der Waals surface area contributed by atoms with Crippen molar-refractivity contribution in [1.82, 2.24) is 0 Å². The minimum Gasteiger partial charge on any atom is -0.497 e. The molecule has 0 aliphatic carbocycles. The van der Waals surface area contributed by atoms with Gasteiger partial charge in [-0.05, 0) is 107 Å². The first-order chi connectivity index (χ1) is 18.0. The van der Waals surface area contributed by atoms with Gasteiger partial charge in [0, 0.05) is 0 Å². The summed E-state index contributed by atoms with van der Waals surface area (Å²) in [5.74, 6) is 0.887. The first-order valence-corrected chi connectivity index (χ1v) is 13.5. The summed E-state index contributed by atoms with van der Waals surface area (Å²) in [6.45, 7) is 13.8. The number of hydrogen-bond acceptors (Lipinski definition) is 1. The average Bonchev–Trinajstić information content (AvgIpc) is 2.88. The van der Waals surface area contributed by atoms with Crippen LogP contribution in [0.2, 0.25) is 0 Å². The van der Waals surface area contributed by atoms with E-state index in [-0.39, 0.29) is 10.8 Å². The molecule has 0 unspecified atom stereocenters. The third-order valence-electron chi connectivity index (χ3n) is 7.94. The van der Waals surface area contributed by atoms with Gasteiger partial charge in [0.2, 0.25) is 0 Å². The highest BCUT2D eigenvalue weighted by molar-refractivity contribution is 6.25. The van der Waals surface area contributed by atoms with Crippen molar-refractivity contribution in [3.8, 4) is 5.75 Å². The fraction of sp³-hybridized carbons (Fsp3) is 0.243. The molecule has 0 saturated carbocycles. The van der Waals surface area contributed by atoms with Crippen LogP contribution in [0.5, 0.6) is 5.75 Å². The number of rotatable bonds is 3. The van der Waals surface area contributed by atoms with E-state index in [0.717, 1.165) is 5.75 Å². The lowest BCUT2D eigenvalue weighted by atomic mass is 9.80. The fourth-order valence-corrected chi connectivity index (χ4v) is 5.61. The van der Waals surface area contributed by atoms with Crippen molar-refractivity contribution < 1.29 is 4.74 Å². The third kappa shape index (κ3) is 4.21. The molecular weight excluding hydrogens is 460 g/mol. The van der Waals surface area contributed by atoms with Crippen molar-refractivity contribution in [3.05, 3.63) is 101 Å². The molecule has 0 fully saturated rings. The lowest BCUT2D eigenvalue weighted by Crippen LogP contribution is -2.12. The first-order valence-electron chi connectivity index (χ1n) is 13.5. The maximum atomic E-state index is 5.40. The number of methoxy groups -OCH3 is 1. The zero-order valence-corrected chi connectivity index (χ0v) is 23.6. The van der Waals surface area contributed by atoms with Crippen molar-refractivity contribution in [3.63, 3.8) is 0 Å². The molecule has 6 rings (SSSR count). The molecule has 0 saturated heterocycles. The van der Waals surface area contributed by atoms with E-state index in [1.165, 1.54) is 65.3 Å². The number of benzene rings is 6. The van der Waals surface area contributed by atoms with E-state index in [4.69, 9.17) is 4.74 Å². The quantitative estimate of drug-likeness (QED) is 0.175. The van der Waals surface area contributed by atoms with Crippen LogP contribution in [0, 0.1) is 0 Å². The fourth-order valence-electron chi connectivity index (χ4n) is 5.61. The smallest absolute Gasteiger partial charge is 0.119 e. The molecule has 0 heterocycles. The molecule has 0 aromatic heterocycles. The molecule has 0 amide bonds. The maximum Gasteiger partial charge on any atom is 0.119 e. The van der Waals surface area contributed by atoms with Crippen LogP contribution >= 0.6 is 0 Å². The van der Waals surface area contributed by atoms with Crippen molar-refractivity contribution >= 4 is 55.2 Å². The molecule has 0 bridgehead atoms. The van der Waals surface area contributed by atoms with Crippen molar-refractivity contribution in [2.45, 2.75) is 52.4 Å². The van der Waals surface area contributed by atoms with Crippen LogP contribution in [0.15, 0.2) is 78.9 Å². The van der Waals surface area contributed by atoms with Gasteiger partial charge in [-0.1, -0.05) is 102 Å². The minimum atomic E-state index is 0.0737. The Kier molecular flexibility index (Phi) is 5.54. The third-order valence-corrected chi connectivity index (χ3v) is 7.94. The zero-order chi connectivity index (χ0) is 26.8. The maximum absolute atomic E-state index is 5.40. The monoisotopic (exact) mass is 496 g/mol. The van der Waals surface area contributed by atoms with E-state index >= 15 is 0 Å².